The van der Waals surface area contributed by atoms with Crippen LogP contribution in [0, 0.1) is 5.82 Å². The highest BCUT2D eigenvalue weighted by Gasteiger charge is 2.22. The number of hydrogen-bond donors (Lipinski definition) is 2. The zero-order chi connectivity index (χ0) is 18.9. The van der Waals surface area contributed by atoms with Crippen molar-refractivity contribution in [3.8, 4) is 0 Å². The number of nitrogens with one attached hydrogen (secondary N) is 1. The largest absolute Gasteiger partial charge is 0.477 e. The van der Waals surface area contributed by atoms with Crippen LogP contribution >= 0.6 is 15.9 Å². The van der Waals surface area contributed by atoms with Crippen LogP contribution in [0.5, 0.6) is 0 Å². The number of carbonyl (C=O) groups excluding carboxylic acids is 1. The number of nitrogens with zero attached hydrogens (tertiary/aromatic N) is 1. The minimum atomic E-state index is -1.17. The number of rotatable bonds is 4. The quantitative estimate of drug-likeness (QED) is 0.779. The van der Waals surface area contributed by atoms with Gasteiger partial charge in [0.1, 0.15) is 17.1 Å². The van der Waals surface area contributed by atoms with Crippen LogP contribution in [0.1, 0.15) is 44.2 Å². The Bertz CT molecular complexity index is 826. The number of carboxylic acids is 1. The van der Waals surface area contributed by atoms with Gasteiger partial charge in [-0.05, 0) is 45.9 Å². The second-order valence-corrected chi connectivity index (χ2v) is 7.67. The Balaban J connectivity index is 2.33. The molecule has 0 saturated carbocycles. The molecule has 0 aliphatic carbocycles. The van der Waals surface area contributed by atoms with Gasteiger partial charge in [0, 0.05) is 22.4 Å². The molecule has 1 aromatic heterocycles. The highest BCUT2D eigenvalue weighted by Crippen LogP contribution is 2.29. The molecule has 0 spiro atoms. The monoisotopic (exact) mass is 414 g/mol. The number of hydrogen-bond acceptors (Lipinski definition) is 3. The molecule has 0 fully saturated rings. The Hall–Kier alpha value is -2.09. The maximum absolute atomic E-state index is 14.1. The third-order valence-electron chi connectivity index (χ3n) is 3.47. The topological polar surface area (TPSA) is 80.6 Å². The smallest absolute Gasteiger partial charge is 0.407 e. The summed E-state index contributed by atoms with van der Waals surface area (Å²) in [7, 11) is 0. The fourth-order valence-corrected chi connectivity index (χ4v) is 2.94. The number of amides is 1. The van der Waals surface area contributed by atoms with E-state index >= 15 is 0 Å². The van der Waals surface area contributed by atoms with Gasteiger partial charge in [0.2, 0.25) is 0 Å². The fourth-order valence-electron chi connectivity index (χ4n) is 2.53. The van der Waals surface area contributed by atoms with Crippen molar-refractivity contribution < 1.29 is 23.8 Å². The molecule has 1 amide bonds. The number of aromatic carboxylic acids is 1. The first-order valence-electron chi connectivity index (χ1n) is 7.69. The molecule has 0 saturated heterocycles. The lowest BCUT2D eigenvalue weighted by Gasteiger charge is -2.22. The van der Waals surface area contributed by atoms with Crippen LogP contribution < -0.4 is 5.32 Å². The summed E-state index contributed by atoms with van der Waals surface area (Å²) in [4.78, 5) is 23.3. The molecule has 0 radical (unpaired) electrons. The molecule has 25 heavy (non-hydrogen) atoms. The summed E-state index contributed by atoms with van der Waals surface area (Å²) < 4.78 is 21.3. The van der Waals surface area contributed by atoms with Crippen molar-refractivity contribution >= 4 is 38.9 Å². The van der Waals surface area contributed by atoms with Crippen molar-refractivity contribution in [1.29, 1.82) is 0 Å². The van der Waals surface area contributed by atoms with Crippen LogP contribution in [0.25, 0.3) is 10.9 Å². The van der Waals surface area contributed by atoms with E-state index in [4.69, 9.17) is 4.74 Å². The van der Waals surface area contributed by atoms with E-state index in [9.17, 15) is 19.1 Å². The van der Waals surface area contributed by atoms with E-state index < -0.39 is 29.5 Å². The summed E-state index contributed by atoms with van der Waals surface area (Å²) in [6, 6.07) is 3.80. The Morgan fingerprint density at radius 2 is 2.00 bits per heavy atom. The predicted molar refractivity (Wildman–Crippen MR) is 95.5 cm³/mol. The second kappa shape index (κ2) is 7.03. The van der Waals surface area contributed by atoms with E-state index in [1.54, 1.807) is 33.8 Å². The summed E-state index contributed by atoms with van der Waals surface area (Å²) in [6.07, 6.45) is -0.597. The Labute approximate surface area is 153 Å². The molecule has 6 nitrogen and oxygen atoms in total. The normalized spacial score (nSPS) is 12.9. The zero-order valence-corrected chi connectivity index (χ0v) is 16.0. The van der Waals surface area contributed by atoms with Crippen LogP contribution in [0.15, 0.2) is 22.7 Å². The highest BCUT2D eigenvalue weighted by atomic mass is 79.9. The minimum Gasteiger partial charge on any atom is -0.477 e. The first kappa shape index (κ1) is 19.2. The van der Waals surface area contributed by atoms with Crippen molar-refractivity contribution in [1.82, 2.24) is 9.88 Å². The van der Waals surface area contributed by atoms with Crippen LogP contribution in [-0.4, -0.2) is 33.9 Å². The third-order valence-corrected chi connectivity index (χ3v) is 3.93. The van der Waals surface area contributed by atoms with Crippen LogP contribution in [0.4, 0.5) is 9.18 Å². The molecular weight excluding hydrogens is 395 g/mol. The van der Waals surface area contributed by atoms with E-state index in [1.165, 1.54) is 16.7 Å². The maximum Gasteiger partial charge on any atom is 0.407 e. The highest BCUT2D eigenvalue weighted by molar-refractivity contribution is 9.10. The van der Waals surface area contributed by atoms with Gasteiger partial charge in [0.15, 0.2) is 0 Å². The van der Waals surface area contributed by atoms with Gasteiger partial charge in [-0.25, -0.2) is 14.0 Å². The lowest BCUT2D eigenvalue weighted by Crippen LogP contribution is -2.35. The molecule has 2 N–H and O–H groups in total. The molecule has 0 bridgehead atoms. The zero-order valence-electron chi connectivity index (χ0n) is 14.4. The summed E-state index contributed by atoms with van der Waals surface area (Å²) in [5.74, 6) is -1.69. The van der Waals surface area contributed by atoms with Crippen molar-refractivity contribution in [2.45, 2.75) is 39.3 Å². The lowest BCUT2D eigenvalue weighted by atomic mass is 10.2. The first-order valence-corrected chi connectivity index (χ1v) is 8.49. The van der Waals surface area contributed by atoms with E-state index in [0.29, 0.717) is 9.99 Å². The average Bonchev–Trinajstić information content (AvgIpc) is 2.82. The van der Waals surface area contributed by atoms with Crippen molar-refractivity contribution in [2.75, 3.05) is 6.54 Å². The SMILES string of the molecule is C[C@H](CNC(=O)OC(C)(C)C)n1c(C(=O)O)cc2c(F)cc(Br)cc21. The number of carboxylic acid groups (broad SMARTS) is 1. The van der Waals surface area contributed by atoms with Crippen LogP contribution in [0.2, 0.25) is 0 Å². The minimum absolute atomic E-state index is 0.0505. The average molecular weight is 415 g/mol. The Kier molecular flexibility index (Phi) is 5.41. The lowest BCUT2D eigenvalue weighted by molar-refractivity contribution is 0.0521. The number of aromatic nitrogens is 1. The second-order valence-electron chi connectivity index (χ2n) is 6.76. The molecule has 2 aromatic rings. The summed E-state index contributed by atoms with van der Waals surface area (Å²) in [5.41, 5.74) is -0.249. The Morgan fingerprint density at radius 3 is 2.56 bits per heavy atom. The number of fused-ring (bicyclic) bond motifs is 1. The maximum atomic E-state index is 14.1. The first-order chi connectivity index (χ1) is 11.5. The number of benzene rings is 1. The van der Waals surface area contributed by atoms with Gasteiger partial charge in [0.05, 0.1) is 5.52 Å². The van der Waals surface area contributed by atoms with Gasteiger partial charge in [-0.2, -0.15) is 0 Å². The predicted octanol–water partition coefficient (Wildman–Crippen LogP) is 4.33. The molecule has 0 unspecified atom stereocenters. The van der Waals surface area contributed by atoms with Crippen LogP contribution in [-0.2, 0) is 4.74 Å². The fraction of sp³-hybridized carbons (Fsp3) is 0.412. The number of ether oxygens (including phenoxy) is 1. The van der Waals surface area contributed by atoms with Gasteiger partial charge in [-0.3, -0.25) is 0 Å². The van der Waals surface area contributed by atoms with E-state index in [-0.39, 0.29) is 17.6 Å². The summed E-state index contributed by atoms with van der Waals surface area (Å²) >= 11 is 3.22. The van der Waals surface area contributed by atoms with Crippen molar-refractivity contribution in [3.63, 3.8) is 0 Å². The van der Waals surface area contributed by atoms with Gasteiger partial charge < -0.3 is 19.7 Å². The van der Waals surface area contributed by atoms with Crippen molar-refractivity contribution in [2.24, 2.45) is 0 Å². The number of alkyl carbamates (subject to hydrolysis) is 1. The van der Waals surface area contributed by atoms with Gasteiger partial charge >= 0.3 is 12.1 Å². The van der Waals surface area contributed by atoms with E-state index in [2.05, 4.69) is 21.2 Å². The number of halogens is 2. The molecule has 2 rings (SSSR count). The molecule has 1 heterocycles. The molecule has 0 aliphatic rings. The Morgan fingerprint density at radius 1 is 1.36 bits per heavy atom. The number of carbonyl (C=O) groups is 2. The third kappa shape index (κ3) is 4.50. The van der Waals surface area contributed by atoms with Gasteiger partial charge in [-0.15, -0.1) is 0 Å². The summed E-state index contributed by atoms with van der Waals surface area (Å²) in [5, 5.41) is 12.3. The molecule has 1 atom stereocenters. The molecule has 0 aliphatic heterocycles. The molecule has 1 aromatic carbocycles. The molecular formula is C17H20BrFN2O4. The van der Waals surface area contributed by atoms with Gasteiger partial charge in [-0.1, -0.05) is 15.9 Å². The summed E-state index contributed by atoms with van der Waals surface area (Å²) in [6.45, 7) is 7.12. The molecule has 136 valence electrons. The van der Waals surface area contributed by atoms with E-state index in [0.717, 1.165) is 0 Å². The molecule has 8 heteroatoms. The van der Waals surface area contributed by atoms with Crippen molar-refractivity contribution in [3.05, 3.63) is 34.2 Å². The standard InChI is InChI=1S/C17H20BrFN2O4/c1-9(8-20-16(24)25-17(2,3)4)21-13-6-10(18)5-12(19)11(13)7-14(21)15(22)23/h5-7,9H,8H2,1-4H3,(H,20,24)(H,22,23)/t9-/m1/s1. The van der Waals surface area contributed by atoms with E-state index in [1.807, 2.05) is 0 Å². The van der Waals surface area contributed by atoms with Gasteiger partial charge in [0.25, 0.3) is 0 Å². The van der Waals surface area contributed by atoms with Crippen LogP contribution in [0.3, 0.4) is 0 Å².